The molecule has 0 saturated heterocycles. The van der Waals surface area contributed by atoms with Gasteiger partial charge in [0.15, 0.2) is 0 Å². The van der Waals surface area contributed by atoms with Crippen LogP contribution in [0.15, 0.2) is 4.99 Å². The maximum Gasteiger partial charge on any atom is 0.269 e. The lowest BCUT2D eigenvalue weighted by atomic mass is 10.0. The van der Waals surface area contributed by atoms with E-state index in [2.05, 4.69) is 11.9 Å². The molecule has 6 N–H and O–H groups in total. The van der Waals surface area contributed by atoms with Crippen LogP contribution in [-0.4, -0.2) is 35.9 Å². The summed E-state index contributed by atoms with van der Waals surface area (Å²) in [7, 11) is -4.16. The fraction of sp³-hybridized carbons (Fsp3) is 0.917. The van der Waals surface area contributed by atoms with Crippen molar-refractivity contribution >= 4 is 21.8 Å². The van der Waals surface area contributed by atoms with Crippen molar-refractivity contribution in [1.29, 1.82) is 5.41 Å². The zero-order valence-electron chi connectivity index (χ0n) is 20.7. The first-order valence-corrected chi connectivity index (χ1v) is 14.3. The van der Waals surface area contributed by atoms with E-state index in [-0.39, 0.29) is 5.84 Å². The van der Waals surface area contributed by atoms with Gasteiger partial charge in [-0.1, -0.05) is 90.9 Å². The lowest BCUT2D eigenvalue weighted by molar-refractivity contribution is 0.433. The van der Waals surface area contributed by atoms with Gasteiger partial charge in [0, 0.05) is 12.8 Å². The van der Waals surface area contributed by atoms with E-state index in [1.54, 1.807) is 6.92 Å². The van der Waals surface area contributed by atoms with E-state index in [0.29, 0.717) is 31.5 Å². The highest BCUT2D eigenvalue weighted by Gasteiger charge is 2.30. The number of rotatable bonds is 22. The van der Waals surface area contributed by atoms with Gasteiger partial charge >= 0.3 is 0 Å². The molecule has 32 heavy (non-hydrogen) atoms. The van der Waals surface area contributed by atoms with E-state index in [0.717, 1.165) is 44.9 Å². The number of nitrogens with two attached hydrogens (primary N) is 2. The van der Waals surface area contributed by atoms with Crippen molar-refractivity contribution in [3.05, 3.63) is 0 Å². The predicted octanol–water partition coefficient (Wildman–Crippen LogP) is 5.97. The minimum Gasteiger partial charge on any atom is -0.388 e. The predicted molar refractivity (Wildman–Crippen MR) is 137 cm³/mol. The Bertz CT molecular complexity index is 608. The summed E-state index contributed by atoms with van der Waals surface area (Å²) in [6, 6.07) is -0.495. The molecule has 8 heteroatoms. The summed E-state index contributed by atoms with van der Waals surface area (Å²) < 4.78 is 33.4. The minimum absolute atomic E-state index is 0.223. The molecule has 2 unspecified atom stereocenters. The van der Waals surface area contributed by atoms with E-state index < -0.39 is 21.4 Å². The summed E-state index contributed by atoms with van der Waals surface area (Å²) in [5.41, 5.74) is 11.5. The molecule has 0 heterocycles. The van der Waals surface area contributed by atoms with Crippen LogP contribution in [0.3, 0.4) is 0 Å². The third kappa shape index (κ3) is 17.4. The Kier molecular flexibility index (Phi) is 18.6. The topological polar surface area (TPSA) is 143 Å². The Hall–Kier alpha value is -1.15. The molecule has 190 valence electrons. The van der Waals surface area contributed by atoms with Crippen LogP contribution >= 0.6 is 0 Å². The normalized spacial score (nSPS) is 14.4. The van der Waals surface area contributed by atoms with Gasteiger partial charge in [0.25, 0.3) is 10.1 Å². The molecule has 0 aliphatic carbocycles. The summed E-state index contributed by atoms with van der Waals surface area (Å²) in [5.74, 6) is 0.724. The summed E-state index contributed by atoms with van der Waals surface area (Å²) >= 11 is 0. The molecular weight excluding hydrogens is 424 g/mol. The Morgan fingerprint density at radius 1 is 0.812 bits per heavy atom. The first kappa shape index (κ1) is 30.9. The summed E-state index contributed by atoms with van der Waals surface area (Å²) in [5, 5.41) is 6.34. The van der Waals surface area contributed by atoms with Gasteiger partial charge in [-0.25, -0.2) is 0 Å². The lowest BCUT2D eigenvalue weighted by Gasteiger charge is -2.21. The summed E-state index contributed by atoms with van der Waals surface area (Å²) in [4.78, 5) is 4.55. The number of unbranched alkanes of at least 4 members (excludes halogenated alkanes) is 12. The van der Waals surface area contributed by atoms with E-state index in [1.165, 1.54) is 44.9 Å². The van der Waals surface area contributed by atoms with Gasteiger partial charge in [0.2, 0.25) is 0 Å². The molecule has 0 aliphatic rings. The highest BCUT2D eigenvalue weighted by atomic mass is 32.2. The zero-order valence-corrected chi connectivity index (χ0v) is 21.5. The van der Waals surface area contributed by atoms with Crippen molar-refractivity contribution in [3.63, 3.8) is 0 Å². The molecule has 0 rings (SSSR count). The van der Waals surface area contributed by atoms with Crippen molar-refractivity contribution in [2.45, 2.75) is 141 Å². The van der Waals surface area contributed by atoms with Gasteiger partial charge in [-0.05, 0) is 25.7 Å². The molecule has 0 aromatic rings. The van der Waals surface area contributed by atoms with Gasteiger partial charge in [-0.15, -0.1) is 0 Å². The second-order valence-electron chi connectivity index (χ2n) is 9.06. The van der Waals surface area contributed by atoms with Gasteiger partial charge in [0.1, 0.15) is 5.25 Å². The van der Waals surface area contributed by atoms with Gasteiger partial charge in [-0.3, -0.25) is 15.0 Å². The molecule has 0 radical (unpaired) electrons. The highest BCUT2D eigenvalue weighted by molar-refractivity contribution is 7.86. The fourth-order valence-electron chi connectivity index (χ4n) is 4.11. The molecule has 0 amide bonds. The highest BCUT2D eigenvalue weighted by Crippen LogP contribution is 2.20. The first-order valence-electron chi connectivity index (χ1n) is 12.8. The van der Waals surface area contributed by atoms with Gasteiger partial charge < -0.3 is 11.5 Å². The minimum atomic E-state index is -4.16. The molecule has 0 spiro atoms. The van der Waals surface area contributed by atoms with E-state index >= 15 is 0 Å². The molecule has 0 aromatic heterocycles. The summed E-state index contributed by atoms with van der Waals surface area (Å²) in [6.07, 6.45) is 18.1. The maximum atomic E-state index is 11.9. The van der Waals surface area contributed by atoms with Crippen molar-refractivity contribution in [2.24, 2.45) is 16.5 Å². The number of hydrogen-bond donors (Lipinski definition) is 4. The van der Waals surface area contributed by atoms with Crippen molar-refractivity contribution in [3.8, 4) is 0 Å². The van der Waals surface area contributed by atoms with E-state index in [9.17, 15) is 13.0 Å². The third-order valence-corrected chi connectivity index (χ3v) is 7.44. The molecule has 0 aromatic carbocycles. The third-order valence-electron chi connectivity index (χ3n) is 6.03. The Balaban J connectivity index is 4.45. The van der Waals surface area contributed by atoms with Gasteiger partial charge in [-0.2, -0.15) is 8.42 Å². The quantitative estimate of drug-likeness (QED) is 0.0662. The Morgan fingerprint density at radius 3 is 1.75 bits per heavy atom. The average molecular weight is 475 g/mol. The van der Waals surface area contributed by atoms with E-state index in [1.807, 2.05) is 0 Å². The van der Waals surface area contributed by atoms with Crippen LogP contribution in [0.25, 0.3) is 0 Å². The standard InChI is InChI=1S/C24H50N4O3S/c1-3-5-6-7-8-9-10-14-17-20-24(27)28-21(22(4-2)32(29,30)31)18-15-12-11-13-16-19-23(25)26/h21-22H,3-20H2,1-2H3,(H3,25,26)(H2,27,28)(H,29,30,31). The Labute approximate surface area is 197 Å². The second-order valence-corrected chi connectivity index (χ2v) is 10.7. The SMILES string of the molecule is CCCCCCCCCCCC(N)=NC(CCCCCCCC(=N)N)C(CC)S(=O)(=O)O. The smallest absolute Gasteiger partial charge is 0.269 e. The number of nitrogens with one attached hydrogen (secondary N) is 1. The number of hydrogen-bond acceptors (Lipinski definition) is 4. The van der Waals surface area contributed by atoms with Crippen LogP contribution in [0.4, 0.5) is 0 Å². The largest absolute Gasteiger partial charge is 0.388 e. The average Bonchev–Trinajstić information content (AvgIpc) is 2.70. The molecule has 0 bridgehead atoms. The van der Waals surface area contributed by atoms with E-state index in [4.69, 9.17) is 16.9 Å². The van der Waals surface area contributed by atoms with Crippen LogP contribution in [0, 0.1) is 5.41 Å². The number of nitrogens with zero attached hydrogens (tertiary/aromatic N) is 1. The fourth-order valence-corrected chi connectivity index (χ4v) is 5.12. The van der Waals surface area contributed by atoms with Crippen molar-refractivity contribution in [2.75, 3.05) is 0 Å². The van der Waals surface area contributed by atoms with Crippen LogP contribution < -0.4 is 11.5 Å². The molecule has 2 atom stereocenters. The molecular formula is C24H50N4O3S. The van der Waals surface area contributed by atoms with Crippen LogP contribution in [0.5, 0.6) is 0 Å². The molecule has 0 saturated carbocycles. The van der Waals surface area contributed by atoms with Crippen LogP contribution in [0.2, 0.25) is 0 Å². The van der Waals surface area contributed by atoms with Gasteiger partial charge in [0.05, 0.1) is 17.7 Å². The first-order chi connectivity index (χ1) is 15.2. The zero-order chi connectivity index (χ0) is 24.2. The molecule has 0 aliphatic heterocycles. The molecule has 0 fully saturated rings. The molecule has 7 nitrogen and oxygen atoms in total. The van der Waals surface area contributed by atoms with Crippen molar-refractivity contribution in [1.82, 2.24) is 0 Å². The number of amidine groups is 2. The van der Waals surface area contributed by atoms with Crippen LogP contribution in [-0.2, 0) is 10.1 Å². The number of aliphatic imine (C=N–C) groups is 1. The Morgan fingerprint density at radius 2 is 1.28 bits per heavy atom. The monoisotopic (exact) mass is 474 g/mol. The second kappa shape index (κ2) is 19.3. The summed E-state index contributed by atoms with van der Waals surface area (Å²) in [6.45, 7) is 3.99. The lowest BCUT2D eigenvalue weighted by Crippen LogP contribution is -2.34. The maximum absolute atomic E-state index is 11.9. The van der Waals surface area contributed by atoms with Crippen molar-refractivity contribution < 1.29 is 13.0 Å². The van der Waals surface area contributed by atoms with Crippen LogP contribution in [0.1, 0.15) is 129 Å².